The maximum absolute atomic E-state index is 12.2. The van der Waals surface area contributed by atoms with E-state index in [1.807, 2.05) is 4.90 Å². The first-order chi connectivity index (χ1) is 10.8. The molecule has 0 saturated carbocycles. The summed E-state index contributed by atoms with van der Waals surface area (Å²) in [4.78, 5) is 14.2. The lowest BCUT2D eigenvalue weighted by Crippen LogP contribution is -2.50. The highest BCUT2D eigenvalue weighted by atomic mass is 16.2. The van der Waals surface area contributed by atoms with Crippen molar-refractivity contribution in [3.05, 3.63) is 35.4 Å². The van der Waals surface area contributed by atoms with E-state index >= 15 is 0 Å². The van der Waals surface area contributed by atoms with E-state index in [9.17, 15) is 4.79 Å². The molecule has 5 nitrogen and oxygen atoms in total. The zero-order valence-corrected chi connectivity index (χ0v) is 13.1. The molecule has 5 heteroatoms. The molecule has 2 amide bonds. The van der Waals surface area contributed by atoms with E-state index in [1.54, 1.807) is 0 Å². The average Bonchev–Trinajstić information content (AvgIpc) is 2.59. The number of hydrogen-bond acceptors (Lipinski definition) is 3. The zero-order valence-electron chi connectivity index (χ0n) is 13.1. The number of benzene rings is 1. The molecule has 1 saturated heterocycles. The topological polar surface area (TPSA) is 70.4 Å². The molecule has 0 spiro atoms. The van der Waals surface area contributed by atoms with Crippen LogP contribution in [0.2, 0.25) is 0 Å². The molecule has 1 unspecified atom stereocenters. The highest BCUT2D eigenvalue weighted by Crippen LogP contribution is 2.17. The maximum Gasteiger partial charge on any atom is 0.317 e. The molecule has 1 aromatic rings. The summed E-state index contributed by atoms with van der Waals surface area (Å²) in [5, 5.41) is 6.58. The van der Waals surface area contributed by atoms with E-state index in [0.717, 1.165) is 45.4 Å². The highest BCUT2D eigenvalue weighted by Gasteiger charge is 2.23. The van der Waals surface area contributed by atoms with Gasteiger partial charge in [-0.1, -0.05) is 24.3 Å². The Hall–Kier alpha value is -1.59. The van der Waals surface area contributed by atoms with E-state index in [2.05, 4.69) is 34.9 Å². The molecule has 1 fully saturated rings. The van der Waals surface area contributed by atoms with Gasteiger partial charge in [0.2, 0.25) is 0 Å². The lowest BCUT2D eigenvalue weighted by molar-refractivity contribution is 0.170. The molecule has 1 aromatic carbocycles. The van der Waals surface area contributed by atoms with Gasteiger partial charge in [0.1, 0.15) is 0 Å². The molecule has 2 aliphatic rings. The van der Waals surface area contributed by atoms with E-state index in [4.69, 9.17) is 5.73 Å². The van der Waals surface area contributed by atoms with Crippen LogP contribution in [-0.4, -0.2) is 43.2 Å². The van der Waals surface area contributed by atoms with Gasteiger partial charge >= 0.3 is 6.03 Å². The van der Waals surface area contributed by atoms with Gasteiger partial charge in [0.25, 0.3) is 0 Å². The van der Waals surface area contributed by atoms with Crippen molar-refractivity contribution in [2.24, 2.45) is 11.7 Å². The quantitative estimate of drug-likeness (QED) is 0.782. The standard InChI is InChI=1S/C17H26N4O/c18-10-13-5-7-21(8-6-13)17(22)20-12-16-9-14-3-1-2-4-15(14)11-19-16/h1-4,13,16,19H,5-12,18H2,(H,20,22). The Bertz CT molecular complexity index is 511. The first-order valence-electron chi connectivity index (χ1n) is 8.29. The number of nitrogens with one attached hydrogen (secondary N) is 2. The van der Waals surface area contributed by atoms with Crippen molar-refractivity contribution < 1.29 is 4.79 Å². The van der Waals surface area contributed by atoms with E-state index in [1.165, 1.54) is 11.1 Å². The van der Waals surface area contributed by atoms with Gasteiger partial charge in [-0.15, -0.1) is 0 Å². The van der Waals surface area contributed by atoms with Crippen LogP contribution >= 0.6 is 0 Å². The first kappa shape index (κ1) is 15.3. The van der Waals surface area contributed by atoms with Crippen molar-refractivity contribution >= 4 is 6.03 Å². The Kier molecular flexibility index (Phi) is 4.95. The SMILES string of the molecule is NCC1CCN(C(=O)NCC2Cc3ccccc3CN2)CC1. The Morgan fingerprint density at radius 3 is 2.73 bits per heavy atom. The van der Waals surface area contributed by atoms with Crippen LogP contribution in [-0.2, 0) is 13.0 Å². The summed E-state index contributed by atoms with van der Waals surface area (Å²) in [5.41, 5.74) is 8.45. The fourth-order valence-electron chi connectivity index (χ4n) is 3.36. The second-order valence-electron chi connectivity index (χ2n) is 6.40. The van der Waals surface area contributed by atoms with Crippen LogP contribution in [0.5, 0.6) is 0 Å². The fourth-order valence-corrected chi connectivity index (χ4v) is 3.36. The van der Waals surface area contributed by atoms with Gasteiger partial charge in [0.15, 0.2) is 0 Å². The summed E-state index contributed by atoms with van der Waals surface area (Å²) in [5.74, 6) is 0.584. The fraction of sp³-hybridized carbons (Fsp3) is 0.588. The van der Waals surface area contributed by atoms with Gasteiger partial charge in [-0.3, -0.25) is 0 Å². The summed E-state index contributed by atoms with van der Waals surface area (Å²) in [6, 6.07) is 8.90. The minimum Gasteiger partial charge on any atom is -0.336 e. The van der Waals surface area contributed by atoms with Gasteiger partial charge in [0.05, 0.1) is 0 Å². The number of nitrogens with zero attached hydrogens (tertiary/aromatic N) is 1. The van der Waals surface area contributed by atoms with Crippen LogP contribution in [0.25, 0.3) is 0 Å². The predicted molar refractivity (Wildman–Crippen MR) is 87.5 cm³/mol. The Morgan fingerprint density at radius 2 is 2.00 bits per heavy atom. The predicted octanol–water partition coefficient (Wildman–Crippen LogP) is 1.08. The Morgan fingerprint density at radius 1 is 1.27 bits per heavy atom. The van der Waals surface area contributed by atoms with Crippen LogP contribution in [0.4, 0.5) is 4.79 Å². The van der Waals surface area contributed by atoms with Gasteiger partial charge in [-0.25, -0.2) is 4.79 Å². The summed E-state index contributed by atoms with van der Waals surface area (Å²) < 4.78 is 0. The van der Waals surface area contributed by atoms with E-state index < -0.39 is 0 Å². The molecule has 0 aromatic heterocycles. The molecular weight excluding hydrogens is 276 g/mol. The van der Waals surface area contributed by atoms with E-state index in [-0.39, 0.29) is 6.03 Å². The van der Waals surface area contributed by atoms with Crippen LogP contribution < -0.4 is 16.4 Å². The number of piperidine rings is 1. The smallest absolute Gasteiger partial charge is 0.317 e. The number of fused-ring (bicyclic) bond motifs is 1. The van der Waals surface area contributed by atoms with Gasteiger partial charge in [-0.2, -0.15) is 0 Å². The molecular formula is C17H26N4O. The minimum atomic E-state index is 0.0659. The third-order valence-electron chi connectivity index (χ3n) is 4.90. The number of urea groups is 1. The molecule has 4 N–H and O–H groups in total. The molecule has 2 heterocycles. The maximum atomic E-state index is 12.2. The third-order valence-corrected chi connectivity index (χ3v) is 4.90. The molecule has 1 atom stereocenters. The molecule has 120 valence electrons. The largest absolute Gasteiger partial charge is 0.336 e. The van der Waals surface area contributed by atoms with Crippen LogP contribution in [0.3, 0.4) is 0 Å². The normalized spacial score (nSPS) is 22.2. The highest BCUT2D eigenvalue weighted by molar-refractivity contribution is 5.74. The molecule has 2 aliphatic heterocycles. The van der Waals surface area contributed by atoms with Crippen molar-refractivity contribution in [2.75, 3.05) is 26.2 Å². The second kappa shape index (κ2) is 7.11. The minimum absolute atomic E-state index is 0.0659. The number of likely N-dealkylation sites (tertiary alicyclic amines) is 1. The van der Waals surface area contributed by atoms with E-state index in [0.29, 0.717) is 18.5 Å². The summed E-state index contributed by atoms with van der Waals surface area (Å²) in [6.07, 6.45) is 3.03. The number of amides is 2. The number of nitrogens with two attached hydrogens (primary N) is 1. The first-order valence-corrected chi connectivity index (χ1v) is 8.29. The van der Waals surface area contributed by atoms with Crippen molar-refractivity contribution in [3.8, 4) is 0 Å². The Labute approximate surface area is 132 Å². The summed E-state index contributed by atoms with van der Waals surface area (Å²) in [7, 11) is 0. The molecule has 0 aliphatic carbocycles. The molecule has 0 radical (unpaired) electrons. The summed E-state index contributed by atoms with van der Waals surface area (Å²) in [6.45, 7) is 3.96. The second-order valence-corrected chi connectivity index (χ2v) is 6.40. The zero-order chi connectivity index (χ0) is 15.4. The molecule has 0 bridgehead atoms. The van der Waals surface area contributed by atoms with Crippen LogP contribution in [0, 0.1) is 5.92 Å². The van der Waals surface area contributed by atoms with Gasteiger partial charge in [0, 0.05) is 32.2 Å². The van der Waals surface area contributed by atoms with Gasteiger partial charge in [-0.05, 0) is 42.9 Å². The van der Waals surface area contributed by atoms with Crippen molar-refractivity contribution in [1.82, 2.24) is 15.5 Å². The van der Waals surface area contributed by atoms with Crippen molar-refractivity contribution in [2.45, 2.75) is 31.8 Å². The lowest BCUT2D eigenvalue weighted by Gasteiger charge is -2.32. The van der Waals surface area contributed by atoms with Crippen molar-refractivity contribution in [3.63, 3.8) is 0 Å². The molecule has 3 rings (SSSR count). The summed E-state index contributed by atoms with van der Waals surface area (Å²) >= 11 is 0. The number of carbonyl (C=O) groups excluding carboxylic acids is 1. The van der Waals surface area contributed by atoms with Gasteiger partial charge < -0.3 is 21.3 Å². The number of carbonyl (C=O) groups is 1. The van der Waals surface area contributed by atoms with Crippen molar-refractivity contribution in [1.29, 1.82) is 0 Å². The third kappa shape index (κ3) is 3.59. The monoisotopic (exact) mass is 302 g/mol. The Balaban J connectivity index is 1.44. The molecule has 22 heavy (non-hydrogen) atoms. The number of rotatable bonds is 3. The van der Waals surface area contributed by atoms with Crippen LogP contribution in [0.15, 0.2) is 24.3 Å². The average molecular weight is 302 g/mol. The lowest BCUT2D eigenvalue weighted by atomic mass is 9.96. The number of hydrogen-bond donors (Lipinski definition) is 3. The van der Waals surface area contributed by atoms with Crippen LogP contribution in [0.1, 0.15) is 24.0 Å².